The highest BCUT2D eigenvalue weighted by Crippen LogP contribution is 2.18. The number of hydrogen-bond donors (Lipinski definition) is 3. The molecule has 0 aromatic heterocycles. The lowest BCUT2D eigenvalue weighted by atomic mass is 9.91. The molecule has 2 aliphatic rings. The van der Waals surface area contributed by atoms with Crippen molar-refractivity contribution in [1.29, 1.82) is 0 Å². The molecule has 3 N–H and O–H groups in total. The molecule has 92 valence electrons. The van der Waals surface area contributed by atoms with Crippen LogP contribution in [-0.2, 0) is 4.79 Å². The van der Waals surface area contributed by atoms with E-state index in [2.05, 4.69) is 16.0 Å². The van der Waals surface area contributed by atoms with Crippen molar-refractivity contribution >= 4 is 5.91 Å². The van der Waals surface area contributed by atoms with E-state index in [1.807, 2.05) is 7.05 Å². The first-order valence-corrected chi connectivity index (χ1v) is 6.50. The Morgan fingerprint density at radius 1 is 1.12 bits per heavy atom. The van der Waals surface area contributed by atoms with Crippen molar-refractivity contribution in [2.75, 3.05) is 13.6 Å². The number of amides is 1. The Kier molecular flexibility index (Phi) is 4.18. The van der Waals surface area contributed by atoms with E-state index in [0.29, 0.717) is 12.1 Å². The second-order valence-electron chi connectivity index (χ2n) is 4.99. The highest BCUT2D eigenvalue weighted by atomic mass is 16.2. The molecule has 1 atom stereocenters. The zero-order valence-electron chi connectivity index (χ0n) is 10.1. The molecular weight excluding hydrogens is 202 g/mol. The predicted octanol–water partition coefficient (Wildman–Crippen LogP) is 0.385. The molecule has 1 aliphatic carbocycles. The van der Waals surface area contributed by atoms with Crippen LogP contribution in [0.1, 0.15) is 38.5 Å². The summed E-state index contributed by atoms with van der Waals surface area (Å²) in [6.07, 6.45) is 6.72. The molecule has 1 heterocycles. The van der Waals surface area contributed by atoms with Gasteiger partial charge >= 0.3 is 0 Å². The van der Waals surface area contributed by atoms with Crippen LogP contribution in [0, 0.1) is 0 Å². The van der Waals surface area contributed by atoms with Gasteiger partial charge in [-0.1, -0.05) is 0 Å². The maximum Gasteiger partial charge on any atom is 0.237 e. The monoisotopic (exact) mass is 225 g/mol. The van der Waals surface area contributed by atoms with E-state index in [1.165, 1.54) is 12.8 Å². The van der Waals surface area contributed by atoms with Gasteiger partial charge in [-0.2, -0.15) is 0 Å². The molecule has 1 saturated carbocycles. The van der Waals surface area contributed by atoms with Crippen molar-refractivity contribution in [2.45, 2.75) is 56.7 Å². The number of rotatable bonds is 3. The van der Waals surface area contributed by atoms with Gasteiger partial charge in [0.25, 0.3) is 0 Å². The van der Waals surface area contributed by atoms with Crippen molar-refractivity contribution in [3.05, 3.63) is 0 Å². The third kappa shape index (κ3) is 2.95. The minimum Gasteiger partial charge on any atom is -0.352 e. The lowest BCUT2D eigenvalue weighted by molar-refractivity contribution is -0.123. The van der Waals surface area contributed by atoms with E-state index in [1.54, 1.807) is 0 Å². The first kappa shape index (κ1) is 11.9. The molecule has 1 aliphatic heterocycles. The van der Waals surface area contributed by atoms with Crippen LogP contribution in [0.4, 0.5) is 0 Å². The van der Waals surface area contributed by atoms with Gasteiger partial charge in [0.1, 0.15) is 0 Å². The smallest absolute Gasteiger partial charge is 0.237 e. The first-order valence-electron chi connectivity index (χ1n) is 6.50. The molecule has 0 spiro atoms. The molecule has 1 amide bonds. The Morgan fingerprint density at radius 3 is 2.38 bits per heavy atom. The molecule has 0 radical (unpaired) electrons. The van der Waals surface area contributed by atoms with Crippen molar-refractivity contribution in [3.8, 4) is 0 Å². The Balaban J connectivity index is 1.71. The van der Waals surface area contributed by atoms with Crippen LogP contribution in [0.3, 0.4) is 0 Å². The fourth-order valence-corrected chi connectivity index (χ4v) is 2.74. The van der Waals surface area contributed by atoms with Crippen molar-refractivity contribution in [1.82, 2.24) is 16.0 Å². The van der Waals surface area contributed by atoms with Gasteiger partial charge in [-0.3, -0.25) is 4.79 Å². The van der Waals surface area contributed by atoms with Gasteiger partial charge in [0, 0.05) is 12.1 Å². The highest BCUT2D eigenvalue weighted by Gasteiger charge is 2.26. The van der Waals surface area contributed by atoms with E-state index in [4.69, 9.17) is 0 Å². The van der Waals surface area contributed by atoms with E-state index in [0.717, 1.165) is 32.2 Å². The summed E-state index contributed by atoms with van der Waals surface area (Å²) < 4.78 is 0. The van der Waals surface area contributed by atoms with Crippen LogP contribution in [0.15, 0.2) is 0 Å². The molecular formula is C12H23N3O. The summed E-state index contributed by atoms with van der Waals surface area (Å²) in [6, 6.07) is 1.12. The molecule has 0 aromatic carbocycles. The fraction of sp³-hybridized carbons (Fsp3) is 0.917. The number of nitrogens with one attached hydrogen (secondary N) is 3. The zero-order valence-corrected chi connectivity index (χ0v) is 10.1. The molecule has 2 rings (SSSR count). The summed E-state index contributed by atoms with van der Waals surface area (Å²) in [5.74, 6) is 0.213. The summed E-state index contributed by atoms with van der Waals surface area (Å²) in [5.41, 5.74) is 0. The van der Waals surface area contributed by atoms with Crippen molar-refractivity contribution in [2.24, 2.45) is 0 Å². The van der Waals surface area contributed by atoms with Crippen LogP contribution in [-0.4, -0.2) is 37.6 Å². The molecule has 4 nitrogen and oxygen atoms in total. The van der Waals surface area contributed by atoms with E-state index in [9.17, 15) is 4.79 Å². The summed E-state index contributed by atoms with van der Waals surface area (Å²) in [5, 5.41) is 9.73. The number of hydrogen-bond acceptors (Lipinski definition) is 3. The van der Waals surface area contributed by atoms with Gasteiger partial charge in [0.15, 0.2) is 0 Å². The molecule has 0 unspecified atom stereocenters. The maximum atomic E-state index is 11.9. The van der Waals surface area contributed by atoms with Crippen molar-refractivity contribution < 1.29 is 4.79 Å². The summed E-state index contributed by atoms with van der Waals surface area (Å²) in [4.78, 5) is 11.9. The highest BCUT2D eigenvalue weighted by molar-refractivity contribution is 5.82. The third-order valence-corrected chi connectivity index (χ3v) is 3.86. The van der Waals surface area contributed by atoms with E-state index in [-0.39, 0.29) is 11.9 Å². The Labute approximate surface area is 97.6 Å². The molecule has 16 heavy (non-hydrogen) atoms. The summed E-state index contributed by atoms with van der Waals surface area (Å²) in [7, 11) is 2.02. The maximum absolute atomic E-state index is 11.9. The third-order valence-electron chi connectivity index (χ3n) is 3.86. The van der Waals surface area contributed by atoms with Crippen LogP contribution in [0.2, 0.25) is 0 Å². The second kappa shape index (κ2) is 5.64. The fourth-order valence-electron chi connectivity index (χ4n) is 2.74. The quantitative estimate of drug-likeness (QED) is 0.651. The Hall–Kier alpha value is -0.610. The average molecular weight is 225 g/mol. The second-order valence-corrected chi connectivity index (χ2v) is 4.99. The number of carbonyl (C=O) groups excluding carboxylic acids is 1. The minimum atomic E-state index is 0.0713. The van der Waals surface area contributed by atoms with Gasteiger partial charge in [0.2, 0.25) is 5.91 Å². The van der Waals surface area contributed by atoms with Crippen molar-refractivity contribution in [3.63, 3.8) is 0 Å². The van der Waals surface area contributed by atoms with Crippen LogP contribution in [0.5, 0.6) is 0 Å². The first-order chi connectivity index (χ1) is 7.79. The Morgan fingerprint density at radius 2 is 1.81 bits per heavy atom. The lowest BCUT2D eigenvalue weighted by Gasteiger charge is -2.29. The van der Waals surface area contributed by atoms with Crippen LogP contribution >= 0.6 is 0 Å². The normalized spacial score (nSPS) is 34.9. The average Bonchev–Trinajstić information content (AvgIpc) is 2.83. The molecule has 0 aromatic rings. The standard InChI is InChI=1S/C12H23N3O/c1-13-9-4-6-10(7-5-9)15-12(16)11-3-2-8-14-11/h9-11,13-14H,2-8H2,1H3,(H,15,16)/t9?,10?,11-/m1/s1. The topological polar surface area (TPSA) is 53.2 Å². The minimum absolute atomic E-state index is 0.0713. The SMILES string of the molecule is CNC1CCC(NC(=O)[C@H]2CCCN2)CC1. The van der Waals surface area contributed by atoms with Gasteiger partial charge in [-0.05, 0) is 52.1 Å². The summed E-state index contributed by atoms with van der Waals surface area (Å²) in [6.45, 7) is 0.991. The summed E-state index contributed by atoms with van der Waals surface area (Å²) >= 11 is 0. The van der Waals surface area contributed by atoms with Crippen LogP contribution < -0.4 is 16.0 Å². The van der Waals surface area contributed by atoms with Gasteiger partial charge < -0.3 is 16.0 Å². The largest absolute Gasteiger partial charge is 0.352 e. The van der Waals surface area contributed by atoms with Gasteiger partial charge in [0.05, 0.1) is 6.04 Å². The molecule has 2 fully saturated rings. The predicted molar refractivity (Wildman–Crippen MR) is 64.3 cm³/mol. The lowest BCUT2D eigenvalue weighted by Crippen LogP contribution is -2.47. The van der Waals surface area contributed by atoms with E-state index >= 15 is 0 Å². The van der Waals surface area contributed by atoms with E-state index < -0.39 is 0 Å². The van der Waals surface area contributed by atoms with Gasteiger partial charge in [-0.15, -0.1) is 0 Å². The Bertz CT molecular complexity index is 230. The molecule has 1 saturated heterocycles. The zero-order chi connectivity index (χ0) is 11.4. The van der Waals surface area contributed by atoms with Gasteiger partial charge in [-0.25, -0.2) is 0 Å². The number of carbonyl (C=O) groups is 1. The van der Waals surface area contributed by atoms with Crippen LogP contribution in [0.25, 0.3) is 0 Å². The molecule has 4 heteroatoms. The molecule has 0 bridgehead atoms.